The van der Waals surface area contributed by atoms with Crippen molar-refractivity contribution in [3.05, 3.63) is 36.5 Å². The van der Waals surface area contributed by atoms with Crippen molar-refractivity contribution in [1.82, 2.24) is 5.32 Å². The van der Waals surface area contributed by atoms with Crippen LogP contribution in [0.25, 0.3) is 0 Å². The van der Waals surface area contributed by atoms with Crippen LogP contribution < -0.4 is 5.32 Å². The highest BCUT2D eigenvalue weighted by atomic mass is 16.7. The summed E-state index contributed by atoms with van der Waals surface area (Å²) in [6, 6.07) is -0.825. The smallest absolute Gasteiger partial charge is 0.220 e. The van der Waals surface area contributed by atoms with Gasteiger partial charge >= 0.3 is 0 Å². The number of nitrogens with one attached hydrogen (secondary N) is 1. The van der Waals surface area contributed by atoms with E-state index in [1.54, 1.807) is 6.08 Å². The lowest BCUT2D eigenvalue weighted by Gasteiger charge is -2.40. The Kier molecular flexibility index (Phi) is 46.4. The molecule has 1 saturated heterocycles. The molecule has 1 aliphatic heterocycles. The van der Waals surface area contributed by atoms with Gasteiger partial charge in [-0.2, -0.15) is 0 Å². The number of carbonyl (C=O) groups excluding carboxylic acids is 1. The maximum Gasteiger partial charge on any atom is 0.220 e. The minimum absolute atomic E-state index is 0.194. The van der Waals surface area contributed by atoms with Gasteiger partial charge in [0, 0.05) is 6.42 Å². The van der Waals surface area contributed by atoms with Crippen LogP contribution in [0.15, 0.2) is 36.5 Å². The highest BCUT2D eigenvalue weighted by molar-refractivity contribution is 5.76. The Morgan fingerprint density at radius 2 is 0.838 bits per heavy atom. The number of hydrogen-bond donors (Lipinski definition) is 6. The van der Waals surface area contributed by atoms with E-state index >= 15 is 0 Å². The second-order valence-electron chi connectivity index (χ2n) is 20.4. The van der Waals surface area contributed by atoms with Crippen molar-refractivity contribution >= 4 is 5.91 Å². The third-order valence-electron chi connectivity index (χ3n) is 13.9. The van der Waals surface area contributed by atoms with Crippen LogP contribution in [0.5, 0.6) is 0 Å². The number of aliphatic hydroxyl groups excluding tert-OH is 5. The van der Waals surface area contributed by atoms with Crippen LogP contribution in [0, 0.1) is 0 Å². The molecule has 0 radical (unpaired) electrons. The van der Waals surface area contributed by atoms with Crippen LogP contribution >= 0.6 is 0 Å². The molecular weight excluding hydrogens is 851 g/mol. The Balaban J connectivity index is 2.18. The van der Waals surface area contributed by atoms with Gasteiger partial charge in [0.2, 0.25) is 5.91 Å². The van der Waals surface area contributed by atoms with Gasteiger partial charge in [0.25, 0.3) is 0 Å². The number of carbonyl (C=O) groups is 1. The molecule has 9 heteroatoms. The number of unbranched alkanes of at least 4 members (excludes halogenated alkanes) is 36. The Labute approximate surface area is 419 Å². The highest BCUT2D eigenvalue weighted by Gasteiger charge is 2.44. The van der Waals surface area contributed by atoms with Gasteiger partial charge in [-0.3, -0.25) is 4.79 Å². The molecule has 0 aromatic heterocycles. The molecule has 1 heterocycles. The first-order valence-corrected chi connectivity index (χ1v) is 29.2. The predicted molar refractivity (Wildman–Crippen MR) is 286 cm³/mol. The summed E-state index contributed by atoms with van der Waals surface area (Å²) in [5, 5.41) is 54.4. The van der Waals surface area contributed by atoms with Crippen molar-refractivity contribution in [2.45, 2.75) is 320 Å². The van der Waals surface area contributed by atoms with Gasteiger partial charge in [-0.15, -0.1) is 0 Å². The predicted octanol–water partition coefficient (Wildman–Crippen LogP) is 14.4. The molecule has 1 aliphatic rings. The van der Waals surface area contributed by atoms with Gasteiger partial charge in [-0.1, -0.05) is 249 Å². The van der Waals surface area contributed by atoms with E-state index in [0.717, 1.165) is 57.8 Å². The molecular formula is C59H111NO8. The minimum Gasteiger partial charge on any atom is -0.394 e. The molecule has 0 aromatic rings. The van der Waals surface area contributed by atoms with Crippen molar-refractivity contribution in [2.24, 2.45) is 0 Å². The summed E-state index contributed by atoms with van der Waals surface area (Å²) in [6.45, 7) is 3.77. The first-order valence-electron chi connectivity index (χ1n) is 29.2. The standard InChI is InChI=1S/C59H111NO8/c1-3-5-7-9-11-13-15-17-19-20-21-22-23-24-25-26-27-28-29-30-31-32-33-34-35-36-38-40-42-44-46-48-53(62)52(51-67-59-58(66)57(65)56(64)54(50-61)68-59)60-55(63)49-47-45-43-41-39-37-18-16-14-12-10-8-6-4-2/h16,18,38,40,46,48,52-54,56-59,61-62,64-66H,3-15,17,19-37,39,41-45,47,49-51H2,1-2H3,(H,60,63)/b18-16-,40-38+,48-46+. The molecule has 6 N–H and O–H groups in total. The zero-order chi connectivity index (χ0) is 49.4. The third kappa shape index (κ3) is 38.1. The van der Waals surface area contributed by atoms with E-state index in [4.69, 9.17) is 9.47 Å². The summed E-state index contributed by atoms with van der Waals surface area (Å²) in [7, 11) is 0. The molecule has 7 unspecified atom stereocenters. The number of hydrogen-bond acceptors (Lipinski definition) is 8. The van der Waals surface area contributed by atoms with E-state index < -0.39 is 49.5 Å². The van der Waals surface area contributed by atoms with Crippen molar-refractivity contribution < 1.29 is 39.8 Å². The van der Waals surface area contributed by atoms with Gasteiger partial charge in [0.1, 0.15) is 24.4 Å². The zero-order valence-corrected chi connectivity index (χ0v) is 44.4. The van der Waals surface area contributed by atoms with Gasteiger partial charge in [0.05, 0.1) is 25.4 Å². The van der Waals surface area contributed by atoms with Gasteiger partial charge in [0.15, 0.2) is 6.29 Å². The molecule has 0 saturated carbocycles. The van der Waals surface area contributed by atoms with E-state index in [1.807, 2.05) is 6.08 Å². The van der Waals surface area contributed by atoms with Crippen LogP contribution in [0.1, 0.15) is 277 Å². The Morgan fingerprint density at radius 1 is 0.485 bits per heavy atom. The number of ether oxygens (including phenoxy) is 2. The third-order valence-corrected chi connectivity index (χ3v) is 13.9. The van der Waals surface area contributed by atoms with Crippen LogP contribution in [-0.4, -0.2) is 87.5 Å². The lowest BCUT2D eigenvalue weighted by molar-refractivity contribution is -0.302. The normalized spacial score (nSPS) is 19.8. The van der Waals surface area contributed by atoms with Crippen LogP contribution in [-0.2, 0) is 14.3 Å². The fourth-order valence-corrected chi connectivity index (χ4v) is 9.29. The molecule has 1 rings (SSSR count). The summed E-state index contributed by atoms with van der Waals surface area (Å²) in [4.78, 5) is 13.0. The van der Waals surface area contributed by atoms with Crippen LogP contribution in [0.3, 0.4) is 0 Å². The average Bonchev–Trinajstić information content (AvgIpc) is 3.34. The highest BCUT2D eigenvalue weighted by Crippen LogP contribution is 2.23. The molecule has 7 atom stereocenters. The quantitative estimate of drug-likeness (QED) is 0.0261. The lowest BCUT2D eigenvalue weighted by Crippen LogP contribution is -2.60. The SMILES string of the molecule is CCCCCCC/C=C\CCCCCCCC(=O)NC(COC1OC(CO)C(O)C(O)C1O)C(O)/C=C/CC/C=C/CCCCCCCCCCCCCCCCCCCCCCCCCCC. The maximum atomic E-state index is 13.0. The van der Waals surface area contributed by atoms with E-state index in [2.05, 4.69) is 43.5 Å². The van der Waals surface area contributed by atoms with Gasteiger partial charge in [-0.05, 0) is 57.8 Å². The molecule has 0 aliphatic carbocycles. The number of allylic oxidation sites excluding steroid dienone is 5. The largest absolute Gasteiger partial charge is 0.394 e. The second-order valence-corrected chi connectivity index (χ2v) is 20.4. The summed E-state index contributed by atoms with van der Waals surface area (Å²) in [6.07, 6.45) is 56.6. The van der Waals surface area contributed by atoms with Crippen molar-refractivity contribution in [3.8, 4) is 0 Å². The molecule has 1 fully saturated rings. The van der Waals surface area contributed by atoms with Crippen LogP contribution in [0.4, 0.5) is 0 Å². The fraction of sp³-hybridized carbons (Fsp3) is 0.881. The topological polar surface area (TPSA) is 149 Å². The second kappa shape index (κ2) is 49.0. The monoisotopic (exact) mass is 962 g/mol. The van der Waals surface area contributed by atoms with Crippen molar-refractivity contribution in [1.29, 1.82) is 0 Å². The number of rotatable bonds is 50. The summed E-state index contributed by atoms with van der Waals surface area (Å²) in [5.74, 6) is -0.194. The maximum absolute atomic E-state index is 13.0. The molecule has 0 aromatic carbocycles. The summed E-state index contributed by atoms with van der Waals surface area (Å²) >= 11 is 0. The minimum atomic E-state index is -1.57. The van der Waals surface area contributed by atoms with Crippen molar-refractivity contribution in [3.63, 3.8) is 0 Å². The van der Waals surface area contributed by atoms with E-state index in [-0.39, 0.29) is 12.5 Å². The zero-order valence-electron chi connectivity index (χ0n) is 44.4. The Bertz CT molecular complexity index is 1160. The molecule has 9 nitrogen and oxygen atoms in total. The van der Waals surface area contributed by atoms with E-state index in [9.17, 15) is 30.3 Å². The molecule has 1 amide bonds. The molecule has 0 spiro atoms. The Hall–Kier alpha value is -1.59. The van der Waals surface area contributed by atoms with Crippen molar-refractivity contribution in [2.75, 3.05) is 13.2 Å². The first kappa shape index (κ1) is 64.4. The molecule has 68 heavy (non-hydrogen) atoms. The Morgan fingerprint density at radius 3 is 1.24 bits per heavy atom. The van der Waals surface area contributed by atoms with Gasteiger partial charge in [-0.25, -0.2) is 0 Å². The van der Waals surface area contributed by atoms with Gasteiger partial charge < -0.3 is 40.3 Å². The average molecular weight is 963 g/mol. The molecule has 400 valence electrons. The number of amides is 1. The number of aliphatic hydroxyl groups is 5. The lowest BCUT2D eigenvalue weighted by atomic mass is 9.99. The van der Waals surface area contributed by atoms with E-state index in [1.165, 1.54) is 199 Å². The van der Waals surface area contributed by atoms with E-state index in [0.29, 0.717) is 6.42 Å². The summed E-state index contributed by atoms with van der Waals surface area (Å²) < 4.78 is 11.2. The van der Waals surface area contributed by atoms with Crippen LogP contribution in [0.2, 0.25) is 0 Å². The first-order chi connectivity index (χ1) is 33.3. The summed E-state index contributed by atoms with van der Waals surface area (Å²) in [5.41, 5.74) is 0. The molecule has 0 bridgehead atoms. The fourth-order valence-electron chi connectivity index (χ4n) is 9.29.